The van der Waals surface area contributed by atoms with Crippen LogP contribution < -0.4 is 5.32 Å². The molecule has 0 fully saturated rings. The second kappa shape index (κ2) is 7.11. The molecule has 0 radical (unpaired) electrons. The van der Waals surface area contributed by atoms with Gasteiger partial charge in [-0.15, -0.1) is 0 Å². The molecule has 1 aromatic rings. The zero-order valence-corrected chi connectivity index (χ0v) is 11.1. The van der Waals surface area contributed by atoms with Gasteiger partial charge in [0.2, 0.25) is 5.82 Å². The van der Waals surface area contributed by atoms with E-state index in [1.807, 2.05) is 13.0 Å². The van der Waals surface area contributed by atoms with E-state index in [-0.39, 0.29) is 5.82 Å². The Hall–Kier alpha value is -1.30. The Bertz CT molecular complexity index is 385. The van der Waals surface area contributed by atoms with Gasteiger partial charge in [-0.2, -0.15) is 11.8 Å². The second-order valence-electron chi connectivity index (χ2n) is 3.48. The van der Waals surface area contributed by atoms with Gasteiger partial charge in [-0.25, -0.2) is 14.8 Å². The van der Waals surface area contributed by atoms with E-state index in [1.165, 1.54) is 7.11 Å². The number of hydrogen-bond donors (Lipinski definition) is 1. The van der Waals surface area contributed by atoms with Crippen molar-refractivity contribution in [3.05, 3.63) is 17.6 Å². The van der Waals surface area contributed by atoms with Crippen molar-refractivity contribution < 1.29 is 9.53 Å². The highest BCUT2D eigenvalue weighted by atomic mass is 32.2. The number of carbonyl (C=O) groups excluding carboxylic acids is 1. The predicted molar refractivity (Wildman–Crippen MR) is 69.6 cm³/mol. The van der Waals surface area contributed by atoms with Crippen LogP contribution in [0.3, 0.4) is 0 Å². The van der Waals surface area contributed by atoms with E-state index < -0.39 is 5.97 Å². The van der Waals surface area contributed by atoms with Crippen LogP contribution in [0, 0.1) is 6.92 Å². The summed E-state index contributed by atoms with van der Waals surface area (Å²) in [5.41, 5.74) is 0.743. The van der Waals surface area contributed by atoms with Gasteiger partial charge in [-0.3, -0.25) is 0 Å². The largest absolute Gasteiger partial charge is 0.463 e. The lowest BCUT2D eigenvalue weighted by Gasteiger charge is -2.07. The molecule has 0 aromatic carbocycles. The molecule has 0 bridgehead atoms. The molecule has 0 unspecified atom stereocenters. The molecule has 1 aromatic heterocycles. The fourth-order valence-corrected chi connectivity index (χ4v) is 1.71. The molecule has 0 aliphatic carbocycles. The SMILES string of the molecule is COC(=O)c1nc(C)cc(NCCCSC)n1. The average Bonchev–Trinajstić information content (AvgIpc) is 2.33. The van der Waals surface area contributed by atoms with Crippen LogP contribution in [0.4, 0.5) is 5.82 Å². The van der Waals surface area contributed by atoms with Crippen molar-refractivity contribution in [2.45, 2.75) is 13.3 Å². The topological polar surface area (TPSA) is 64.1 Å². The molecule has 0 amide bonds. The fourth-order valence-electron chi connectivity index (χ4n) is 1.27. The van der Waals surface area contributed by atoms with Crippen molar-refractivity contribution in [3.8, 4) is 0 Å². The summed E-state index contributed by atoms with van der Waals surface area (Å²) in [7, 11) is 1.32. The Morgan fingerprint density at radius 2 is 2.29 bits per heavy atom. The first-order valence-electron chi connectivity index (χ1n) is 5.34. The van der Waals surface area contributed by atoms with Gasteiger partial charge in [0, 0.05) is 18.3 Å². The highest BCUT2D eigenvalue weighted by Crippen LogP contribution is 2.07. The number of aromatic nitrogens is 2. The molecule has 1 rings (SSSR count). The molecule has 0 spiro atoms. The number of nitrogens with one attached hydrogen (secondary N) is 1. The molecule has 6 heteroatoms. The first-order chi connectivity index (χ1) is 8.17. The number of ether oxygens (including phenoxy) is 1. The van der Waals surface area contributed by atoms with E-state index in [1.54, 1.807) is 11.8 Å². The first kappa shape index (κ1) is 13.8. The van der Waals surface area contributed by atoms with Crippen LogP contribution in [0.1, 0.15) is 22.7 Å². The van der Waals surface area contributed by atoms with Crippen molar-refractivity contribution >= 4 is 23.5 Å². The summed E-state index contributed by atoms with van der Waals surface area (Å²) in [4.78, 5) is 19.4. The van der Waals surface area contributed by atoms with Gasteiger partial charge in [-0.1, -0.05) is 0 Å². The third kappa shape index (κ3) is 4.60. The lowest BCUT2D eigenvalue weighted by atomic mass is 10.4. The van der Waals surface area contributed by atoms with E-state index in [2.05, 4.69) is 26.3 Å². The molecule has 94 valence electrons. The predicted octanol–water partition coefficient (Wildman–Crippen LogP) is 1.74. The Morgan fingerprint density at radius 3 is 2.94 bits per heavy atom. The van der Waals surface area contributed by atoms with Crippen LogP contribution in [-0.2, 0) is 4.74 Å². The molecule has 17 heavy (non-hydrogen) atoms. The molecular formula is C11H17N3O2S. The molecule has 0 saturated heterocycles. The van der Waals surface area contributed by atoms with E-state index in [0.29, 0.717) is 5.82 Å². The fraction of sp³-hybridized carbons (Fsp3) is 0.545. The van der Waals surface area contributed by atoms with E-state index in [9.17, 15) is 4.79 Å². The zero-order valence-electron chi connectivity index (χ0n) is 10.3. The summed E-state index contributed by atoms with van der Waals surface area (Å²) < 4.78 is 4.59. The maximum atomic E-state index is 11.3. The maximum Gasteiger partial charge on any atom is 0.376 e. The van der Waals surface area contributed by atoms with Gasteiger partial charge in [0.1, 0.15) is 5.82 Å². The number of carbonyl (C=O) groups is 1. The Kier molecular flexibility index (Phi) is 5.76. The molecular weight excluding hydrogens is 238 g/mol. The lowest BCUT2D eigenvalue weighted by Crippen LogP contribution is -2.12. The smallest absolute Gasteiger partial charge is 0.376 e. The van der Waals surface area contributed by atoms with Gasteiger partial charge < -0.3 is 10.1 Å². The minimum absolute atomic E-state index is 0.0971. The Labute approximate surface area is 105 Å². The summed E-state index contributed by atoms with van der Waals surface area (Å²) in [5.74, 6) is 1.35. The summed E-state index contributed by atoms with van der Waals surface area (Å²) in [6.45, 7) is 2.65. The Morgan fingerprint density at radius 1 is 1.53 bits per heavy atom. The number of hydrogen-bond acceptors (Lipinski definition) is 6. The van der Waals surface area contributed by atoms with Crippen LogP contribution in [0.5, 0.6) is 0 Å². The summed E-state index contributed by atoms with van der Waals surface area (Å²) in [5, 5.41) is 3.17. The maximum absolute atomic E-state index is 11.3. The number of anilines is 1. The van der Waals surface area contributed by atoms with Crippen molar-refractivity contribution in [1.29, 1.82) is 0 Å². The highest BCUT2D eigenvalue weighted by Gasteiger charge is 2.10. The van der Waals surface area contributed by atoms with Gasteiger partial charge >= 0.3 is 5.97 Å². The highest BCUT2D eigenvalue weighted by molar-refractivity contribution is 7.98. The third-order valence-electron chi connectivity index (χ3n) is 2.05. The van der Waals surface area contributed by atoms with Gasteiger partial charge in [0.25, 0.3) is 0 Å². The molecule has 1 N–H and O–H groups in total. The van der Waals surface area contributed by atoms with E-state index in [4.69, 9.17) is 0 Å². The molecule has 1 heterocycles. The minimum Gasteiger partial charge on any atom is -0.463 e. The molecule has 0 atom stereocenters. The van der Waals surface area contributed by atoms with Crippen molar-refractivity contribution in [1.82, 2.24) is 9.97 Å². The number of rotatable bonds is 6. The molecule has 0 aliphatic heterocycles. The Balaban J connectivity index is 2.65. The number of esters is 1. The van der Waals surface area contributed by atoms with Crippen molar-refractivity contribution in [2.75, 3.05) is 31.0 Å². The number of methoxy groups -OCH3 is 1. The van der Waals surface area contributed by atoms with Crippen LogP contribution in [0.15, 0.2) is 6.07 Å². The average molecular weight is 255 g/mol. The molecule has 0 saturated carbocycles. The molecule has 0 aliphatic rings. The summed E-state index contributed by atoms with van der Waals surface area (Å²) in [6.07, 6.45) is 3.13. The number of nitrogens with zero attached hydrogens (tertiary/aromatic N) is 2. The quantitative estimate of drug-likeness (QED) is 0.617. The van der Waals surface area contributed by atoms with Crippen LogP contribution in [-0.4, -0.2) is 41.6 Å². The monoisotopic (exact) mass is 255 g/mol. The summed E-state index contributed by atoms with van der Waals surface area (Å²) >= 11 is 1.80. The third-order valence-corrected chi connectivity index (χ3v) is 2.75. The van der Waals surface area contributed by atoms with Crippen LogP contribution in [0.2, 0.25) is 0 Å². The lowest BCUT2D eigenvalue weighted by molar-refractivity contribution is 0.0586. The second-order valence-corrected chi connectivity index (χ2v) is 4.47. The van der Waals surface area contributed by atoms with Gasteiger partial charge in [-0.05, 0) is 25.4 Å². The van der Waals surface area contributed by atoms with Crippen LogP contribution >= 0.6 is 11.8 Å². The van der Waals surface area contributed by atoms with Crippen molar-refractivity contribution in [2.24, 2.45) is 0 Å². The first-order valence-corrected chi connectivity index (χ1v) is 6.73. The number of thioether (sulfide) groups is 1. The zero-order chi connectivity index (χ0) is 12.7. The molecule has 5 nitrogen and oxygen atoms in total. The van der Waals surface area contributed by atoms with E-state index >= 15 is 0 Å². The normalized spacial score (nSPS) is 10.1. The van der Waals surface area contributed by atoms with Crippen molar-refractivity contribution in [3.63, 3.8) is 0 Å². The van der Waals surface area contributed by atoms with Gasteiger partial charge in [0.05, 0.1) is 7.11 Å². The number of aryl methyl sites for hydroxylation is 1. The van der Waals surface area contributed by atoms with Crippen LogP contribution in [0.25, 0.3) is 0 Å². The minimum atomic E-state index is -0.513. The van der Waals surface area contributed by atoms with Gasteiger partial charge in [0.15, 0.2) is 0 Å². The summed E-state index contributed by atoms with van der Waals surface area (Å²) in [6, 6.07) is 1.81. The standard InChI is InChI=1S/C11H17N3O2S/c1-8-7-9(12-5-4-6-17-3)14-10(13-8)11(15)16-2/h7H,4-6H2,1-3H3,(H,12,13,14). The van der Waals surface area contributed by atoms with E-state index in [0.717, 1.165) is 24.4 Å².